The summed E-state index contributed by atoms with van der Waals surface area (Å²) in [5.74, 6) is -2.88. The molecular formula is C24H18CuF6N2O3S2. The molecule has 38 heavy (non-hydrogen) atoms. The van der Waals surface area contributed by atoms with Crippen molar-refractivity contribution in [1.29, 1.82) is 0 Å². The third-order valence-electron chi connectivity index (χ3n) is 4.78. The molecule has 0 spiro atoms. The minimum atomic E-state index is -4.87. The van der Waals surface area contributed by atoms with Gasteiger partial charge in [-0.05, 0) is 51.6 Å². The summed E-state index contributed by atoms with van der Waals surface area (Å²) in [7, 11) is 1.49. The number of fused-ring (bicyclic) bond motifs is 2. The number of alkyl halides is 6. The molecule has 0 saturated carbocycles. The van der Waals surface area contributed by atoms with Crippen molar-refractivity contribution in [2.45, 2.75) is 41.9 Å². The van der Waals surface area contributed by atoms with Crippen LogP contribution in [0.15, 0.2) is 68.4 Å². The van der Waals surface area contributed by atoms with Crippen LogP contribution in [0.5, 0.6) is 5.75 Å². The van der Waals surface area contributed by atoms with E-state index in [0.717, 1.165) is 34.0 Å². The van der Waals surface area contributed by atoms with Gasteiger partial charge < -0.3 is 15.4 Å². The van der Waals surface area contributed by atoms with Crippen molar-refractivity contribution in [3.05, 3.63) is 74.8 Å². The molecule has 207 valence electrons. The molecule has 2 aliphatic rings. The van der Waals surface area contributed by atoms with Gasteiger partial charge in [-0.15, -0.1) is 34.9 Å². The molecule has 1 radical (unpaired) electrons. The molecule has 5 nitrogen and oxygen atoms in total. The van der Waals surface area contributed by atoms with E-state index in [4.69, 9.17) is 4.74 Å². The number of ether oxygens (including phenoxy) is 1. The van der Waals surface area contributed by atoms with Crippen LogP contribution in [0.4, 0.5) is 37.7 Å². The Hall–Kier alpha value is -2.54. The van der Waals surface area contributed by atoms with Crippen molar-refractivity contribution in [3.63, 3.8) is 0 Å². The van der Waals surface area contributed by atoms with Crippen LogP contribution in [0.1, 0.15) is 25.3 Å². The molecule has 0 bridgehead atoms. The molecule has 2 heterocycles. The monoisotopic (exact) mass is 623 g/mol. The number of ketones is 2. The number of allylic oxidation sites excluding steroid dienone is 2. The van der Waals surface area contributed by atoms with Crippen LogP contribution in [-0.4, -0.2) is 31.0 Å². The molecule has 0 aliphatic carbocycles. The third-order valence-corrected chi connectivity index (χ3v) is 6.71. The zero-order chi connectivity index (χ0) is 27.5. The van der Waals surface area contributed by atoms with Crippen LogP contribution >= 0.6 is 23.5 Å². The van der Waals surface area contributed by atoms with Crippen molar-refractivity contribution in [1.82, 2.24) is 0 Å². The second kappa shape index (κ2) is 12.5. The number of nitrogens with zero attached hydrogens (tertiary/aromatic N) is 2. The van der Waals surface area contributed by atoms with Gasteiger partial charge in [0.05, 0.1) is 7.11 Å². The fourth-order valence-electron chi connectivity index (χ4n) is 2.88. The Bertz CT molecular complexity index is 1280. The number of rotatable bonds is 4. The van der Waals surface area contributed by atoms with Crippen molar-refractivity contribution < 1.29 is 57.7 Å². The Balaban J connectivity index is 0.000000260. The summed E-state index contributed by atoms with van der Waals surface area (Å²) in [6, 6.07) is 10.5. The fraction of sp³-hybridized carbons (Fsp3) is 0.250. The van der Waals surface area contributed by atoms with Gasteiger partial charge in [-0.1, -0.05) is 42.1 Å². The topological polar surface area (TPSA) is 71.6 Å². The van der Waals surface area contributed by atoms with Gasteiger partial charge in [-0.2, -0.15) is 26.3 Å². The molecule has 0 amide bonds. The summed E-state index contributed by atoms with van der Waals surface area (Å²) < 4.78 is 77.7. The van der Waals surface area contributed by atoms with Crippen molar-refractivity contribution in [3.8, 4) is 5.75 Å². The molecule has 2 aromatic rings. The maximum atomic E-state index is 12.2. The molecule has 0 aromatic heterocycles. The van der Waals surface area contributed by atoms with Gasteiger partial charge in [0, 0.05) is 0 Å². The Morgan fingerprint density at radius 1 is 0.816 bits per heavy atom. The smallest absolute Gasteiger partial charge is 0.651 e. The number of thioether (sulfide) groups is 2. The molecule has 0 atom stereocenters. The fourth-order valence-corrected chi connectivity index (χ4v) is 4.76. The molecule has 14 heteroatoms. The zero-order valence-corrected chi connectivity index (χ0v) is 22.3. The van der Waals surface area contributed by atoms with Gasteiger partial charge in [0.1, 0.15) is 5.75 Å². The molecule has 0 fully saturated rings. The summed E-state index contributed by atoms with van der Waals surface area (Å²) in [4.78, 5) is 23.1. The Morgan fingerprint density at radius 2 is 1.26 bits per heavy atom. The number of halogens is 6. The first kappa shape index (κ1) is 31.7. The predicted molar refractivity (Wildman–Crippen MR) is 130 cm³/mol. The van der Waals surface area contributed by atoms with E-state index in [1.54, 1.807) is 24.3 Å². The number of benzene rings is 2. The van der Waals surface area contributed by atoms with E-state index < -0.39 is 23.9 Å². The quantitative estimate of drug-likeness (QED) is 0.194. The van der Waals surface area contributed by atoms with E-state index in [1.165, 1.54) is 7.11 Å². The van der Waals surface area contributed by atoms with Crippen molar-refractivity contribution in [2.75, 3.05) is 7.11 Å². The van der Waals surface area contributed by atoms with E-state index in [0.29, 0.717) is 40.1 Å². The average molecular weight is 624 g/mol. The summed E-state index contributed by atoms with van der Waals surface area (Å²) in [6.07, 6.45) is -8.67. The zero-order valence-electron chi connectivity index (χ0n) is 19.7. The molecule has 0 saturated heterocycles. The van der Waals surface area contributed by atoms with Gasteiger partial charge in [0.2, 0.25) is 0 Å². The molecule has 2 aromatic carbocycles. The van der Waals surface area contributed by atoms with Crippen LogP contribution in [-0.2, 0) is 26.7 Å². The first-order valence-corrected chi connectivity index (χ1v) is 12.1. The molecule has 0 unspecified atom stereocenters. The van der Waals surface area contributed by atoms with Gasteiger partial charge in [-0.25, -0.2) is 0 Å². The second-order valence-corrected chi connectivity index (χ2v) is 9.96. The van der Waals surface area contributed by atoms with Crippen LogP contribution in [0.3, 0.4) is 0 Å². The Morgan fingerprint density at radius 3 is 1.68 bits per heavy atom. The van der Waals surface area contributed by atoms with Crippen LogP contribution < -0.4 is 4.74 Å². The number of carbonyl (C=O) groups is 2. The van der Waals surface area contributed by atoms with Crippen LogP contribution in [0.2, 0.25) is 0 Å². The van der Waals surface area contributed by atoms with Gasteiger partial charge in [0.25, 0.3) is 11.6 Å². The number of hydrogen-bond acceptors (Lipinski definition) is 5. The van der Waals surface area contributed by atoms with E-state index in [1.807, 2.05) is 26.0 Å². The standard InChI is InChI=1S/C13H12F3NOS.C11H8F3NO2S.Cu/c1-7(2)8-3-4-9-10(5-8)19-12(17-9)6-11(18)13(14,15)16;1-17-6-2-3-7-8(4-6)18-10(15-7)5-9(16)11(12,13)14;/h3-7H,1-2H3,(H,17,18);2-5H,1H3,(H,15,16);/q;;+2/p-2. The van der Waals surface area contributed by atoms with E-state index >= 15 is 0 Å². The Kier molecular flexibility index (Phi) is 10.5. The minimum Gasteiger partial charge on any atom is -0.651 e. The first-order valence-electron chi connectivity index (χ1n) is 10.4. The normalized spacial score (nSPS) is 16.1. The number of hydrogen-bond donors (Lipinski definition) is 0. The first-order chi connectivity index (χ1) is 17.2. The number of methoxy groups -OCH3 is 1. The maximum absolute atomic E-state index is 12.2. The third kappa shape index (κ3) is 8.23. The number of carbonyl (C=O) groups excluding carboxylic acids is 2. The predicted octanol–water partition coefficient (Wildman–Crippen LogP) is 8.67. The van der Waals surface area contributed by atoms with E-state index in [2.05, 4.69) is 10.6 Å². The molecule has 0 N–H and O–H groups in total. The van der Waals surface area contributed by atoms with E-state index in [9.17, 15) is 35.9 Å². The van der Waals surface area contributed by atoms with E-state index in [-0.39, 0.29) is 27.1 Å². The molecule has 2 aliphatic heterocycles. The van der Waals surface area contributed by atoms with Crippen molar-refractivity contribution in [2.24, 2.45) is 0 Å². The SMILES string of the molecule is CC(C)c1ccc2c(c1)S/C(=C/C(=O)C(F)(F)F)[N-]2.COc1ccc2c(c1)S/C(=C/C(=O)C(F)(F)F)[N-]2.[Cu+2]. The van der Waals surface area contributed by atoms with Crippen molar-refractivity contribution >= 4 is 46.5 Å². The largest absolute Gasteiger partial charge is 2.00 e. The van der Waals surface area contributed by atoms with Crippen LogP contribution in [0, 0.1) is 0 Å². The van der Waals surface area contributed by atoms with Crippen LogP contribution in [0.25, 0.3) is 10.6 Å². The maximum Gasteiger partial charge on any atom is 2.00 e. The minimum absolute atomic E-state index is 0. The summed E-state index contributed by atoms with van der Waals surface area (Å²) in [5.41, 5.74) is 2.22. The average Bonchev–Trinajstić information content (AvgIpc) is 3.39. The molecular weight excluding hydrogens is 606 g/mol. The Labute approximate surface area is 233 Å². The summed E-state index contributed by atoms with van der Waals surface area (Å²) >= 11 is 2.09. The van der Waals surface area contributed by atoms with Gasteiger partial charge in [-0.3, -0.25) is 9.59 Å². The molecule has 4 rings (SSSR count). The second-order valence-electron chi connectivity index (χ2n) is 7.83. The summed E-state index contributed by atoms with van der Waals surface area (Å²) in [5, 5.41) is 8.05. The van der Waals surface area contributed by atoms with Gasteiger partial charge >= 0.3 is 29.4 Å². The van der Waals surface area contributed by atoms with Gasteiger partial charge in [0.15, 0.2) is 0 Å². The summed E-state index contributed by atoms with van der Waals surface area (Å²) in [6.45, 7) is 4.06.